The highest BCUT2D eigenvalue weighted by Gasteiger charge is 2.22. The highest BCUT2D eigenvalue weighted by Crippen LogP contribution is 2.29. The number of carbonyl (C=O) groups excluding carboxylic acids is 1. The van der Waals surface area contributed by atoms with Crippen LogP contribution in [0.1, 0.15) is 24.1 Å². The number of nitrogens with one attached hydrogen (secondary N) is 2. The van der Waals surface area contributed by atoms with Crippen LogP contribution in [0.25, 0.3) is 21.8 Å². The number of fused-ring (bicyclic) bond motifs is 3. The van der Waals surface area contributed by atoms with Gasteiger partial charge in [0, 0.05) is 17.3 Å². The Balaban J connectivity index is 1.71. The summed E-state index contributed by atoms with van der Waals surface area (Å²) in [6, 6.07) is 15.2. The monoisotopic (exact) mass is 360 g/mol. The lowest BCUT2D eigenvalue weighted by molar-refractivity contribution is -0.123. The standard InChI is InChI=1S/C21H20N4O2/c1-13-7-9-15(10-8-13)11-22-20(26)14(2)25-18-6-4-3-5-16(18)17-12-23-24-21(27)19(17)25/h3-10,12,14H,11H2,1-2H3,(H,22,26)(H,24,27)/t14-/m0/s1. The van der Waals surface area contributed by atoms with Gasteiger partial charge < -0.3 is 9.88 Å². The molecule has 0 aliphatic carbocycles. The van der Waals surface area contributed by atoms with Crippen molar-refractivity contribution in [1.82, 2.24) is 20.1 Å². The molecule has 0 saturated carbocycles. The Bertz CT molecular complexity index is 1190. The van der Waals surface area contributed by atoms with Gasteiger partial charge >= 0.3 is 0 Å². The summed E-state index contributed by atoms with van der Waals surface area (Å²) in [5, 5.41) is 11.0. The molecule has 1 atom stereocenters. The van der Waals surface area contributed by atoms with E-state index in [1.165, 1.54) is 5.56 Å². The number of benzene rings is 2. The highest BCUT2D eigenvalue weighted by molar-refractivity contribution is 6.08. The predicted molar refractivity (Wildman–Crippen MR) is 106 cm³/mol. The van der Waals surface area contributed by atoms with Gasteiger partial charge in [-0.3, -0.25) is 9.59 Å². The molecule has 0 aliphatic heterocycles. The minimum absolute atomic E-state index is 0.144. The summed E-state index contributed by atoms with van der Waals surface area (Å²) in [6.45, 7) is 4.27. The molecule has 136 valence electrons. The maximum Gasteiger partial charge on any atom is 0.288 e. The topological polar surface area (TPSA) is 79.8 Å². The van der Waals surface area contributed by atoms with Crippen molar-refractivity contribution < 1.29 is 4.79 Å². The maximum absolute atomic E-state index is 12.8. The van der Waals surface area contributed by atoms with Gasteiger partial charge in [-0.25, -0.2) is 5.10 Å². The Labute approximate surface area is 155 Å². The lowest BCUT2D eigenvalue weighted by atomic mass is 10.1. The van der Waals surface area contributed by atoms with Gasteiger partial charge in [0.2, 0.25) is 5.91 Å². The number of hydrogen-bond acceptors (Lipinski definition) is 3. The summed E-state index contributed by atoms with van der Waals surface area (Å²) >= 11 is 0. The van der Waals surface area contributed by atoms with E-state index in [-0.39, 0.29) is 11.5 Å². The number of para-hydroxylation sites is 1. The van der Waals surface area contributed by atoms with Crippen molar-refractivity contribution in [1.29, 1.82) is 0 Å². The number of carbonyl (C=O) groups is 1. The number of aryl methyl sites for hydroxylation is 1. The van der Waals surface area contributed by atoms with E-state index in [9.17, 15) is 9.59 Å². The second-order valence-electron chi connectivity index (χ2n) is 6.73. The largest absolute Gasteiger partial charge is 0.350 e. The molecular weight excluding hydrogens is 340 g/mol. The normalized spacial score (nSPS) is 12.4. The van der Waals surface area contributed by atoms with Crippen molar-refractivity contribution in [2.24, 2.45) is 0 Å². The molecule has 2 N–H and O–H groups in total. The van der Waals surface area contributed by atoms with E-state index in [4.69, 9.17) is 0 Å². The van der Waals surface area contributed by atoms with Crippen LogP contribution in [0.15, 0.2) is 59.5 Å². The molecule has 27 heavy (non-hydrogen) atoms. The first-order valence-electron chi connectivity index (χ1n) is 8.86. The minimum atomic E-state index is -0.540. The minimum Gasteiger partial charge on any atom is -0.350 e. The molecule has 0 saturated heterocycles. The third kappa shape index (κ3) is 2.99. The molecule has 0 spiro atoms. The summed E-state index contributed by atoms with van der Waals surface area (Å²) in [7, 11) is 0. The summed E-state index contributed by atoms with van der Waals surface area (Å²) in [5.41, 5.74) is 3.21. The van der Waals surface area contributed by atoms with Crippen LogP contribution in [-0.2, 0) is 11.3 Å². The summed E-state index contributed by atoms with van der Waals surface area (Å²) in [6.07, 6.45) is 1.63. The number of H-pyrrole nitrogens is 1. The van der Waals surface area contributed by atoms with Crippen molar-refractivity contribution in [2.45, 2.75) is 26.4 Å². The Morgan fingerprint density at radius 3 is 2.67 bits per heavy atom. The van der Waals surface area contributed by atoms with Gasteiger partial charge in [0.05, 0.1) is 11.7 Å². The summed E-state index contributed by atoms with van der Waals surface area (Å²) in [4.78, 5) is 25.3. The third-order valence-electron chi connectivity index (χ3n) is 4.88. The van der Waals surface area contributed by atoms with Crippen LogP contribution in [0.4, 0.5) is 0 Å². The zero-order valence-electron chi connectivity index (χ0n) is 15.2. The number of aromatic amines is 1. The molecule has 0 aliphatic rings. The van der Waals surface area contributed by atoms with Crippen molar-refractivity contribution >= 4 is 27.7 Å². The quantitative estimate of drug-likeness (QED) is 0.587. The molecule has 2 heterocycles. The van der Waals surface area contributed by atoms with E-state index in [1.807, 2.05) is 55.5 Å². The Morgan fingerprint density at radius 2 is 1.89 bits per heavy atom. The molecule has 2 aromatic carbocycles. The van der Waals surface area contributed by atoms with E-state index in [1.54, 1.807) is 17.7 Å². The number of aromatic nitrogens is 3. The Morgan fingerprint density at radius 1 is 1.15 bits per heavy atom. The number of hydrogen-bond donors (Lipinski definition) is 2. The van der Waals surface area contributed by atoms with Gasteiger partial charge in [-0.1, -0.05) is 48.0 Å². The molecule has 0 radical (unpaired) electrons. The van der Waals surface area contributed by atoms with Crippen LogP contribution in [0.5, 0.6) is 0 Å². The van der Waals surface area contributed by atoms with Gasteiger partial charge in [0.25, 0.3) is 5.56 Å². The van der Waals surface area contributed by atoms with Crippen molar-refractivity contribution in [3.8, 4) is 0 Å². The highest BCUT2D eigenvalue weighted by atomic mass is 16.2. The average molecular weight is 360 g/mol. The molecule has 0 bridgehead atoms. The molecule has 4 rings (SSSR count). The SMILES string of the molecule is Cc1ccc(CNC(=O)[C@H](C)n2c3ccccc3c3cn[nH]c(=O)c32)cc1. The van der Waals surface area contributed by atoms with E-state index in [0.29, 0.717) is 12.1 Å². The van der Waals surface area contributed by atoms with E-state index < -0.39 is 6.04 Å². The van der Waals surface area contributed by atoms with Crippen LogP contribution < -0.4 is 10.9 Å². The fourth-order valence-electron chi connectivity index (χ4n) is 3.42. The lowest BCUT2D eigenvalue weighted by Crippen LogP contribution is -2.31. The Hall–Kier alpha value is -3.41. The average Bonchev–Trinajstić information content (AvgIpc) is 3.02. The molecule has 0 fully saturated rings. The van der Waals surface area contributed by atoms with E-state index in [2.05, 4.69) is 15.5 Å². The van der Waals surface area contributed by atoms with Crippen LogP contribution in [-0.4, -0.2) is 20.7 Å². The fourth-order valence-corrected chi connectivity index (χ4v) is 3.42. The fraction of sp³-hybridized carbons (Fsp3) is 0.190. The van der Waals surface area contributed by atoms with Crippen LogP contribution in [0.2, 0.25) is 0 Å². The second kappa shape index (κ2) is 6.72. The van der Waals surface area contributed by atoms with Gasteiger partial charge in [-0.15, -0.1) is 0 Å². The van der Waals surface area contributed by atoms with Gasteiger partial charge in [0.15, 0.2) is 0 Å². The van der Waals surface area contributed by atoms with Gasteiger partial charge in [-0.05, 0) is 25.5 Å². The molecule has 4 aromatic rings. The van der Waals surface area contributed by atoms with Crippen molar-refractivity contribution in [3.05, 3.63) is 76.2 Å². The molecule has 1 amide bonds. The van der Waals surface area contributed by atoms with Crippen LogP contribution in [0.3, 0.4) is 0 Å². The molecular formula is C21H20N4O2. The van der Waals surface area contributed by atoms with E-state index >= 15 is 0 Å². The molecule has 6 heteroatoms. The molecule has 2 aromatic heterocycles. The summed E-state index contributed by atoms with van der Waals surface area (Å²) < 4.78 is 1.79. The first-order valence-corrected chi connectivity index (χ1v) is 8.86. The maximum atomic E-state index is 12.8. The smallest absolute Gasteiger partial charge is 0.288 e. The number of amides is 1. The van der Waals surface area contributed by atoms with Crippen LogP contribution >= 0.6 is 0 Å². The zero-order chi connectivity index (χ0) is 19.0. The van der Waals surface area contributed by atoms with Crippen LogP contribution in [0, 0.1) is 6.92 Å². The molecule has 6 nitrogen and oxygen atoms in total. The van der Waals surface area contributed by atoms with Gasteiger partial charge in [0.1, 0.15) is 11.6 Å². The Kier molecular flexibility index (Phi) is 4.24. The van der Waals surface area contributed by atoms with Crippen molar-refractivity contribution in [2.75, 3.05) is 0 Å². The first-order chi connectivity index (χ1) is 13.1. The van der Waals surface area contributed by atoms with E-state index in [0.717, 1.165) is 21.9 Å². The lowest BCUT2D eigenvalue weighted by Gasteiger charge is -2.16. The number of rotatable bonds is 4. The predicted octanol–water partition coefficient (Wildman–Crippen LogP) is 3.06. The molecule has 0 unspecified atom stereocenters. The van der Waals surface area contributed by atoms with Crippen molar-refractivity contribution in [3.63, 3.8) is 0 Å². The van der Waals surface area contributed by atoms with Gasteiger partial charge in [-0.2, -0.15) is 5.10 Å². The second-order valence-corrected chi connectivity index (χ2v) is 6.73. The summed E-state index contributed by atoms with van der Waals surface area (Å²) in [5.74, 6) is -0.144. The third-order valence-corrected chi connectivity index (χ3v) is 4.88. The zero-order valence-corrected chi connectivity index (χ0v) is 15.2. The number of nitrogens with zero attached hydrogens (tertiary/aromatic N) is 2. The first kappa shape index (κ1) is 17.0.